The van der Waals surface area contributed by atoms with Crippen molar-refractivity contribution in [3.8, 4) is 12.3 Å². The van der Waals surface area contributed by atoms with Crippen LogP contribution in [0.2, 0.25) is 0 Å². The molecular weight excluding hydrogens is 258 g/mol. The van der Waals surface area contributed by atoms with Gasteiger partial charge < -0.3 is 5.32 Å². The Morgan fingerprint density at radius 2 is 2.07 bits per heavy atom. The fraction of sp³-hybridized carbons (Fsp3) is 0.273. The minimum atomic E-state index is 0.654. The molecular formula is C11H12BrNS. The van der Waals surface area contributed by atoms with Crippen LogP contribution in [0.1, 0.15) is 0 Å². The van der Waals surface area contributed by atoms with E-state index in [0.717, 1.165) is 16.8 Å². The summed E-state index contributed by atoms with van der Waals surface area (Å²) < 4.78 is 1.12. The van der Waals surface area contributed by atoms with Crippen LogP contribution in [0.5, 0.6) is 0 Å². The molecule has 0 aromatic heterocycles. The second-order valence-electron chi connectivity index (χ2n) is 2.68. The van der Waals surface area contributed by atoms with E-state index in [0.29, 0.717) is 6.54 Å². The Morgan fingerprint density at radius 3 is 2.71 bits per heavy atom. The molecule has 0 amide bonds. The van der Waals surface area contributed by atoms with Gasteiger partial charge in [0.2, 0.25) is 0 Å². The molecule has 3 heteroatoms. The van der Waals surface area contributed by atoms with Crippen LogP contribution in [0.3, 0.4) is 0 Å². The van der Waals surface area contributed by atoms with Crippen LogP contribution in [0.4, 0.5) is 0 Å². The van der Waals surface area contributed by atoms with Gasteiger partial charge in [0.05, 0.1) is 6.54 Å². The number of hydrogen-bond donors (Lipinski definition) is 1. The van der Waals surface area contributed by atoms with Crippen molar-refractivity contribution in [1.82, 2.24) is 5.32 Å². The van der Waals surface area contributed by atoms with Gasteiger partial charge in [-0.15, -0.1) is 18.2 Å². The number of benzene rings is 1. The molecule has 0 aliphatic rings. The number of nitrogens with one attached hydrogen (secondary N) is 1. The highest BCUT2D eigenvalue weighted by Gasteiger charge is 1.93. The van der Waals surface area contributed by atoms with Gasteiger partial charge in [-0.05, 0) is 24.3 Å². The molecule has 1 N–H and O–H groups in total. The predicted molar refractivity (Wildman–Crippen MR) is 66.6 cm³/mol. The molecule has 0 fully saturated rings. The molecule has 0 aliphatic heterocycles. The molecule has 0 saturated carbocycles. The largest absolute Gasteiger partial charge is 0.305 e. The van der Waals surface area contributed by atoms with Crippen molar-refractivity contribution in [2.24, 2.45) is 0 Å². The van der Waals surface area contributed by atoms with Gasteiger partial charge in [0.1, 0.15) is 0 Å². The highest BCUT2D eigenvalue weighted by atomic mass is 79.9. The van der Waals surface area contributed by atoms with E-state index in [9.17, 15) is 0 Å². The average molecular weight is 270 g/mol. The van der Waals surface area contributed by atoms with E-state index in [1.807, 2.05) is 11.8 Å². The van der Waals surface area contributed by atoms with E-state index in [-0.39, 0.29) is 0 Å². The van der Waals surface area contributed by atoms with Crippen molar-refractivity contribution in [2.75, 3.05) is 18.8 Å². The summed E-state index contributed by atoms with van der Waals surface area (Å²) in [4.78, 5) is 1.29. The van der Waals surface area contributed by atoms with Crippen molar-refractivity contribution in [3.63, 3.8) is 0 Å². The van der Waals surface area contributed by atoms with Crippen LogP contribution in [0.25, 0.3) is 0 Å². The van der Waals surface area contributed by atoms with Gasteiger partial charge in [0, 0.05) is 21.7 Å². The second kappa shape index (κ2) is 6.94. The van der Waals surface area contributed by atoms with E-state index >= 15 is 0 Å². The number of terminal acetylenes is 1. The van der Waals surface area contributed by atoms with Crippen LogP contribution < -0.4 is 5.32 Å². The molecule has 1 rings (SSSR count). The van der Waals surface area contributed by atoms with Crippen molar-refractivity contribution in [3.05, 3.63) is 28.7 Å². The van der Waals surface area contributed by atoms with Gasteiger partial charge >= 0.3 is 0 Å². The lowest BCUT2D eigenvalue weighted by atomic mass is 10.4. The minimum absolute atomic E-state index is 0.654. The van der Waals surface area contributed by atoms with E-state index in [4.69, 9.17) is 6.42 Å². The summed E-state index contributed by atoms with van der Waals surface area (Å²) in [6.45, 7) is 1.60. The molecule has 0 radical (unpaired) electrons. The van der Waals surface area contributed by atoms with Gasteiger partial charge in [-0.3, -0.25) is 0 Å². The number of hydrogen-bond acceptors (Lipinski definition) is 2. The molecule has 0 spiro atoms. The Bertz CT molecular complexity index is 302. The van der Waals surface area contributed by atoms with Crippen molar-refractivity contribution < 1.29 is 0 Å². The highest BCUT2D eigenvalue weighted by Crippen LogP contribution is 2.19. The Morgan fingerprint density at radius 1 is 1.36 bits per heavy atom. The average Bonchev–Trinajstić information content (AvgIpc) is 2.21. The lowest BCUT2D eigenvalue weighted by Gasteiger charge is -2.01. The summed E-state index contributed by atoms with van der Waals surface area (Å²) in [5.74, 6) is 3.59. The van der Waals surface area contributed by atoms with Gasteiger partial charge in [-0.25, -0.2) is 0 Å². The predicted octanol–water partition coefficient (Wildman–Crippen LogP) is 2.76. The van der Waals surface area contributed by atoms with Crippen LogP contribution in [0.15, 0.2) is 33.6 Å². The van der Waals surface area contributed by atoms with Crippen molar-refractivity contribution in [2.45, 2.75) is 4.90 Å². The number of rotatable bonds is 5. The standard InChI is InChI=1S/C11H12BrNS/c1-2-7-13-8-9-14-11-5-3-10(12)4-6-11/h1,3-6,13H,7-9H2. The fourth-order valence-corrected chi connectivity index (χ4v) is 2.01. The number of thioether (sulfide) groups is 1. The summed E-state index contributed by atoms with van der Waals surface area (Å²) in [5, 5.41) is 3.15. The van der Waals surface area contributed by atoms with Crippen LogP contribution in [-0.4, -0.2) is 18.8 Å². The lowest BCUT2D eigenvalue weighted by Crippen LogP contribution is -2.16. The van der Waals surface area contributed by atoms with Crippen LogP contribution in [0, 0.1) is 12.3 Å². The molecule has 14 heavy (non-hydrogen) atoms. The summed E-state index contributed by atoms with van der Waals surface area (Å²) in [6.07, 6.45) is 5.11. The molecule has 1 aromatic rings. The van der Waals surface area contributed by atoms with Crippen LogP contribution in [-0.2, 0) is 0 Å². The summed E-state index contributed by atoms with van der Waals surface area (Å²) in [6, 6.07) is 8.32. The topological polar surface area (TPSA) is 12.0 Å². The van der Waals surface area contributed by atoms with Gasteiger partial charge in [-0.2, -0.15) is 0 Å². The first-order valence-corrected chi connectivity index (χ1v) is 6.13. The SMILES string of the molecule is C#CCNCCSc1ccc(Br)cc1. The Kier molecular flexibility index (Phi) is 5.77. The molecule has 0 aliphatic carbocycles. The van der Waals surface area contributed by atoms with E-state index in [1.165, 1.54) is 4.90 Å². The molecule has 0 bridgehead atoms. The van der Waals surface area contributed by atoms with Crippen LogP contribution >= 0.6 is 27.7 Å². The zero-order chi connectivity index (χ0) is 10.2. The lowest BCUT2D eigenvalue weighted by molar-refractivity contribution is 0.818. The third-order valence-corrected chi connectivity index (χ3v) is 3.13. The molecule has 0 saturated heterocycles. The van der Waals surface area contributed by atoms with E-state index < -0.39 is 0 Å². The summed E-state index contributed by atoms with van der Waals surface area (Å²) in [5.41, 5.74) is 0. The molecule has 0 heterocycles. The second-order valence-corrected chi connectivity index (χ2v) is 4.77. The molecule has 0 atom stereocenters. The molecule has 0 unspecified atom stereocenters. The van der Waals surface area contributed by atoms with Gasteiger partial charge in [0.15, 0.2) is 0 Å². The first-order valence-electron chi connectivity index (χ1n) is 4.35. The van der Waals surface area contributed by atoms with E-state index in [2.05, 4.69) is 51.4 Å². The number of halogens is 1. The highest BCUT2D eigenvalue weighted by molar-refractivity contribution is 9.10. The summed E-state index contributed by atoms with van der Waals surface area (Å²) in [7, 11) is 0. The third-order valence-electron chi connectivity index (χ3n) is 1.59. The third kappa shape index (κ3) is 4.71. The monoisotopic (exact) mass is 269 g/mol. The van der Waals surface area contributed by atoms with E-state index in [1.54, 1.807) is 0 Å². The van der Waals surface area contributed by atoms with Gasteiger partial charge in [-0.1, -0.05) is 21.9 Å². The summed E-state index contributed by atoms with van der Waals surface area (Å²) >= 11 is 5.23. The molecule has 1 aromatic carbocycles. The molecule has 1 nitrogen and oxygen atoms in total. The maximum Gasteiger partial charge on any atom is 0.0574 e. The van der Waals surface area contributed by atoms with Crippen molar-refractivity contribution in [1.29, 1.82) is 0 Å². The normalized spacial score (nSPS) is 9.71. The zero-order valence-electron chi connectivity index (χ0n) is 7.79. The minimum Gasteiger partial charge on any atom is -0.305 e. The van der Waals surface area contributed by atoms with Gasteiger partial charge in [0.25, 0.3) is 0 Å². The Balaban J connectivity index is 2.19. The first kappa shape index (κ1) is 11.6. The molecule has 74 valence electrons. The van der Waals surface area contributed by atoms with Crippen molar-refractivity contribution >= 4 is 27.7 Å². The quantitative estimate of drug-likeness (QED) is 0.501. The Labute approximate surface area is 97.8 Å². The zero-order valence-corrected chi connectivity index (χ0v) is 10.2. The fourth-order valence-electron chi connectivity index (χ4n) is 0.932. The first-order chi connectivity index (χ1) is 6.83. The maximum atomic E-state index is 5.11. The maximum absolute atomic E-state index is 5.11. The Hall–Kier alpha value is -0.430. The smallest absolute Gasteiger partial charge is 0.0574 e.